The number of quaternary nitrogens is 2. The highest BCUT2D eigenvalue weighted by molar-refractivity contribution is 7.52. The summed E-state index contributed by atoms with van der Waals surface area (Å²) in [6.45, 7) is 1.83. The van der Waals surface area contributed by atoms with Crippen LogP contribution >= 0.6 is 15.4 Å². The Kier molecular flexibility index (Phi) is 9.79. The van der Waals surface area contributed by atoms with Crippen LogP contribution in [-0.4, -0.2) is 92.1 Å². The molecule has 0 aromatic rings. The van der Waals surface area contributed by atoms with Crippen LogP contribution in [0.5, 0.6) is 0 Å². The first-order chi connectivity index (χ1) is 10.8. The van der Waals surface area contributed by atoms with Gasteiger partial charge in [-0.05, 0) is 0 Å². The molecule has 24 heavy (non-hydrogen) atoms. The molecule has 0 aromatic carbocycles. The van der Waals surface area contributed by atoms with Gasteiger partial charge in [-0.15, -0.1) is 0 Å². The number of methoxy groups -OCH3 is 1. The van der Waals surface area contributed by atoms with Gasteiger partial charge < -0.3 is 9.26 Å². The summed E-state index contributed by atoms with van der Waals surface area (Å²) in [7, 11) is 4.49. The van der Waals surface area contributed by atoms with Crippen molar-refractivity contribution in [2.75, 3.05) is 83.1 Å². The van der Waals surface area contributed by atoms with Gasteiger partial charge >= 0.3 is 15.4 Å². The van der Waals surface area contributed by atoms with Gasteiger partial charge in [0.15, 0.2) is 26.9 Å². The van der Waals surface area contributed by atoms with Crippen LogP contribution < -0.4 is 0 Å². The standard InChI is InChI=1S/C12H32N2O8P2/c1-13(2,9-17-5)11-21-24(16,19-7)22-12-14(3,4)10-20-23(8,15)18-6/h9-12H2,1-8H3/q+2. The highest BCUT2D eigenvalue weighted by atomic mass is 31.2. The first-order valence-corrected chi connectivity index (χ1v) is 10.6. The van der Waals surface area contributed by atoms with E-state index in [0.717, 1.165) is 0 Å². The van der Waals surface area contributed by atoms with E-state index < -0.39 is 15.4 Å². The van der Waals surface area contributed by atoms with Crippen LogP contribution in [0.3, 0.4) is 0 Å². The highest BCUT2D eigenvalue weighted by Crippen LogP contribution is 2.49. The van der Waals surface area contributed by atoms with E-state index in [9.17, 15) is 9.13 Å². The van der Waals surface area contributed by atoms with Crippen molar-refractivity contribution in [2.24, 2.45) is 0 Å². The third-order valence-corrected chi connectivity index (χ3v) is 5.36. The molecule has 2 atom stereocenters. The van der Waals surface area contributed by atoms with Gasteiger partial charge in [0.25, 0.3) is 0 Å². The molecule has 0 aliphatic carbocycles. The summed E-state index contributed by atoms with van der Waals surface area (Å²) in [5.41, 5.74) is 0. The van der Waals surface area contributed by atoms with Crippen molar-refractivity contribution >= 4 is 15.4 Å². The molecular weight excluding hydrogens is 362 g/mol. The molecule has 0 N–H and O–H groups in total. The van der Waals surface area contributed by atoms with Crippen LogP contribution in [-0.2, 0) is 36.5 Å². The third kappa shape index (κ3) is 10.2. The van der Waals surface area contributed by atoms with Crippen LogP contribution in [0.4, 0.5) is 0 Å². The first kappa shape index (κ1) is 24.1. The minimum Gasteiger partial charge on any atom is -0.335 e. The Labute approximate surface area is 144 Å². The van der Waals surface area contributed by atoms with Gasteiger partial charge in [-0.3, -0.25) is 22.6 Å². The van der Waals surface area contributed by atoms with E-state index in [4.69, 9.17) is 27.4 Å². The Hall–Kier alpha value is 0.140. The normalized spacial score (nSPS) is 18.2. The van der Waals surface area contributed by atoms with Crippen LogP contribution in [0.15, 0.2) is 0 Å². The topological polar surface area (TPSA) is 89.5 Å². The number of nitrogens with zero attached hydrogens (tertiary/aromatic N) is 2. The summed E-state index contributed by atoms with van der Waals surface area (Å²) in [4.78, 5) is 0. The van der Waals surface area contributed by atoms with E-state index in [2.05, 4.69) is 0 Å². The van der Waals surface area contributed by atoms with Crippen LogP contribution in [0.25, 0.3) is 0 Å². The van der Waals surface area contributed by atoms with Crippen molar-refractivity contribution in [3.05, 3.63) is 0 Å². The molecule has 0 radical (unpaired) electrons. The molecule has 0 saturated heterocycles. The molecule has 0 spiro atoms. The lowest BCUT2D eigenvalue weighted by molar-refractivity contribution is -0.926. The molecule has 0 fully saturated rings. The van der Waals surface area contributed by atoms with Crippen molar-refractivity contribution in [1.29, 1.82) is 0 Å². The Bertz CT molecular complexity index is 472. The first-order valence-electron chi connectivity index (χ1n) is 7.16. The molecule has 0 saturated carbocycles. The summed E-state index contributed by atoms with van der Waals surface area (Å²) in [6.07, 6.45) is 0. The molecule has 0 amide bonds. The van der Waals surface area contributed by atoms with Gasteiger partial charge in [0.2, 0.25) is 0 Å². The maximum absolute atomic E-state index is 12.5. The molecule has 10 nitrogen and oxygen atoms in total. The van der Waals surface area contributed by atoms with Gasteiger partial charge in [-0.25, -0.2) is 13.6 Å². The second-order valence-corrected chi connectivity index (χ2v) is 10.6. The monoisotopic (exact) mass is 394 g/mol. The molecule has 2 unspecified atom stereocenters. The van der Waals surface area contributed by atoms with E-state index in [1.165, 1.54) is 20.9 Å². The minimum absolute atomic E-state index is 0.0352. The second-order valence-electron chi connectivity index (χ2n) is 6.65. The predicted molar refractivity (Wildman–Crippen MR) is 89.1 cm³/mol. The Morgan fingerprint density at radius 1 is 0.708 bits per heavy atom. The Balaban J connectivity index is 4.59. The Morgan fingerprint density at radius 2 is 1.12 bits per heavy atom. The zero-order chi connectivity index (χ0) is 19.1. The molecule has 0 aliphatic rings. The summed E-state index contributed by atoms with van der Waals surface area (Å²) < 4.78 is 55.3. The van der Waals surface area contributed by atoms with Gasteiger partial charge in [-0.2, -0.15) is 0 Å². The average Bonchev–Trinajstić information content (AvgIpc) is 2.50. The van der Waals surface area contributed by atoms with Gasteiger partial charge in [-0.1, -0.05) is 0 Å². The zero-order valence-electron chi connectivity index (χ0n) is 15.9. The van der Waals surface area contributed by atoms with E-state index in [0.29, 0.717) is 11.2 Å². The molecule has 0 aliphatic heterocycles. The lowest BCUT2D eigenvalue weighted by Crippen LogP contribution is -2.44. The highest BCUT2D eigenvalue weighted by Gasteiger charge is 2.33. The number of phosphoric acid groups is 1. The maximum Gasteiger partial charge on any atom is 0.483 e. The number of hydrogen-bond acceptors (Lipinski definition) is 8. The van der Waals surface area contributed by atoms with E-state index in [-0.39, 0.29) is 24.7 Å². The molecule has 12 heteroatoms. The third-order valence-electron chi connectivity index (χ3n) is 2.81. The van der Waals surface area contributed by atoms with Crippen molar-refractivity contribution in [2.45, 2.75) is 0 Å². The number of ether oxygens (including phenoxy) is 1. The van der Waals surface area contributed by atoms with Gasteiger partial charge in [0, 0.05) is 28.0 Å². The van der Waals surface area contributed by atoms with Crippen molar-refractivity contribution in [3.8, 4) is 0 Å². The largest absolute Gasteiger partial charge is 0.483 e. The van der Waals surface area contributed by atoms with Crippen molar-refractivity contribution in [3.63, 3.8) is 0 Å². The molecule has 0 heterocycles. The fraction of sp³-hybridized carbons (Fsp3) is 1.00. The van der Waals surface area contributed by atoms with Crippen molar-refractivity contribution < 1.29 is 45.5 Å². The van der Waals surface area contributed by atoms with Crippen LogP contribution in [0, 0.1) is 0 Å². The van der Waals surface area contributed by atoms with E-state index in [1.807, 2.05) is 14.1 Å². The maximum atomic E-state index is 12.5. The number of hydrogen-bond donors (Lipinski definition) is 0. The van der Waals surface area contributed by atoms with E-state index >= 15 is 0 Å². The average molecular weight is 394 g/mol. The molecular formula is C12H32N2O8P2+2. The Morgan fingerprint density at radius 3 is 1.50 bits per heavy atom. The predicted octanol–water partition coefficient (Wildman–Crippen LogP) is 1.89. The SMILES string of the molecule is COC[N+](C)(C)COP(=O)(OC)OC[N+](C)(C)COP(C)(=O)OC. The fourth-order valence-electron chi connectivity index (χ4n) is 1.33. The van der Waals surface area contributed by atoms with Crippen LogP contribution in [0.1, 0.15) is 0 Å². The fourth-order valence-corrected chi connectivity index (χ4v) is 3.16. The zero-order valence-corrected chi connectivity index (χ0v) is 17.7. The summed E-state index contributed by atoms with van der Waals surface area (Å²) in [5.74, 6) is 0. The smallest absolute Gasteiger partial charge is 0.335 e. The summed E-state index contributed by atoms with van der Waals surface area (Å²) in [5, 5.41) is 0. The molecule has 0 bridgehead atoms. The summed E-state index contributed by atoms with van der Waals surface area (Å²) in [6, 6.07) is 0. The van der Waals surface area contributed by atoms with Crippen LogP contribution in [0.2, 0.25) is 0 Å². The number of rotatable bonds is 13. The van der Waals surface area contributed by atoms with Gasteiger partial charge in [0.1, 0.15) is 0 Å². The lowest BCUT2D eigenvalue weighted by atomic mass is 10.7. The quantitative estimate of drug-likeness (QED) is 0.266. The van der Waals surface area contributed by atoms with Crippen molar-refractivity contribution in [1.82, 2.24) is 0 Å². The van der Waals surface area contributed by atoms with Gasteiger partial charge in [0.05, 0.1) is 28.2 Å². The minimum atomic E-state index is -3.73. The second kappa shape index (κ2) is 9.73. The summed E-state index contributed by atoms with van der Waals surface area (Å²) >= 11 is 0. The number of phosphoric ester groups is 1. The molecule has 146 valence electrons. The molecule has 0 aromatic heterocycles. The lowest BCUT2D eigenvalue weighted by Gasteiger charge is -2.32. The molecule has 0 rings (SSSR count). The van der Waals surface area contributed by atoms with E-state index in [1.54, 1.807) is 21.2 Å².